The fraction of sp³-hybridized carbons (Fsp3) is 0.917. The van der Waals surface area contributed by atoms with Gasteiger partial charge in [-0.25, -0.2) is 4.79 Å². The molecule has 0 aromatic rings. The lowest BCUT2D eigenvalue weighted by Gasteiger charge is -2.24. The van der Waals surface area contributed by atoms with Crippen LogP contribution in [0.1, 0.15) is 46.5 Å². The second-order valence-electron chi connectivity index (χ2n) is 5.93. The molecule has 1 aliphatic rings. The average Bonchev–Trinajstić information content (AvgIpc) is 2.23. The fourth-order valence-electron chi connectivity index (χ4n) is 1.92. The Hall–Kier alpha value is -1.02. The van der Waals surface area contributed by atoms with Crippen molar-refractivity contribution < 1.29 is 22.1 Å². The summed E-state index contributed by atoms with van der Waals surface area (Å²) >= 11 is 0. The Kier molecular flexibility index (Phi) is 5.64. The monoisotopic (exact) mass is 306 g/mol. The molecule has 0 saturated heterocycles. The van der Waals surface area contributed by atoms with Crippen LogP contribution in [0.15, 0.2) is 10.2 Å². The van der Waals surface area contributed by atoms with E-state index in [1.54, 1.807) is 20.8 Å². The van der Waals surface area contributed by atoms with Gasteiger partial charge in [0.2, 0.25) is 0 Å². The van der Waals surface area contributed by atoms with Crippen LogP contribution in [0, 0.1) is 0 Å². The number of azo groups is 1. The largest absolute Gasteiger partial charge is 0.452 e. The number of hydrogen-bond acceptors (Lipinski definition) is 6. The van der Waals surface area contributed by atoms with Crippen molar-refractivity contribution in [1.82, 2.24) is 0 Å². The van der Waals surface area contributed by atoms with Crippen molar-refractivity contribution in [2.24, 2.45) is 10.2 Å². The molecule has 116 valence electrons. The minimum atomic E-state index is -3.42. The summed E-state index contributed by atoms with van der Waals surface area (Å²) in [5.41, 5.74) is -0.586. The maximum Gasteiger partial charge on any atom is 0.452 e. The summed E-state index contributed by atoms with van der Waals surface area (Å²) in [4.78, 5) is 11.4. The third kappa shape index (κ3) is 7.54. The van der Waals surface area contributed by atoms with Crippen molar-refractivity contribution in [3.8, 4) is 0 Å². The van der Waals surface area contributed by atoms with E-state index in [9.17, 15) is 13.2 Å². The molecule has 8 heteroatoms. The molecule has 20 heavy (non-hydrogen) atoms. The van der Waals surface area contributed by atoms with Crippen LogP contribution >= 0.6 is 0 Å². The van der Waals surface area contributed by atoms with Gasteiger partial charge in [-0.05, 0) is 46.5 Å². The van der Waals surface area contributed by atoms with Crippen LogP contribution in [0.5, 0.6) is 0 Å². The van der Waals surface area contributed by atoms with Crippen molar-refractivity contribution in [1.29, 1.82) is 0 Å². The zero-order valence-corrected chi connectivity index (χ0v) is 13.1. The molecule has 0 bridgehead atoms. The van der Waals surface area contributed by atoms with Gasteiger partial charge < -0.3 is 4.74 Å². The molecule has 0 radical (unpaired) electrons. The summed E-state index contributed by atoms with van der Waals surface area (Å²) in [7, 11) is -3.42. The zero-order chi connectivity index (χ0) is 15.4. The summed E-state index contributed by atoms with van der Waals surface area (Å²) in [6.45, 7) is 5.27. The van der Waals surface area contributed by atoms with E-state index >= 15 is 0 Å². The molecular formula is C12H22N2O5S. The average molecular weight is 306 g/mol. The molecule has 0 heterocycles. The normalized spacial score (nSPS) is 24.8. The Morgan fingerprint density at radius 2 is 1.70 bits per heavy atom. The molecule has 0 aliphatic heterocycles. The Labute approximate surface area is 119 Å². The molecule has 0 N–H and O–H groups in total. The molecule has 1 aliphatic carbocycles. The number of rotatable bonds is 3. The lowest BCUT2D eigenvalue weighted by atomic mass is 9.94. The van der Waals surface area contributed by atoms with Gasteiger partial charge in [-0.15, -0.1) is 0 Å². The number of hydrogen-bond donors (Lipinski definition) is 0. The zero-order valence-electron chi connectivity index (χ0n) is 12.3. The fourth-order valence-corrected chi connectivity index (χ4v) is 2.60. The van der Waals surface area contributed by atoms with Crippen LogP contribution in [0.4, 0.5) is 4.79 Å². The Balaban J connectivity index is 2.37. The third-order valence-corrected chi connectivity index (χ3v) is 3.27. The number of nitrogens with zero attached hydrogens (tertiary/aromatic N) is 2. The molecular weight excluding hydrogens is 284 g/mol. The van der Waals surface area contributed by atoms with E-state index in [0.29, 0.717) is 25.7 Å². The van der Waals surface area contributed by atoms with Gasteiger partial charge in [0.05, 0.1) is 18.4 Å². The Morgan fingerprint density at radius 1 is 1.15 bits per heavy atom. The molecule has 0 aromatic carbocycles. The van der Waals surface area contributed by atoms with Crippen molar-refractivity contribution in [2.75, 3.05) is 6.26 Å². The van der Waals surface area contributed by atoms with E-state index in [4.69, 9.17) is 8.92 Å². The first-order valence-corrected chi connectivity index (χ1v) is 8.39. The highest BCUT2D eigenvalue weighted by Crippen LogP contribution is 2.24. The van der Waals surface area contributed by atoms with Crippen LogP contribution in [0.2, 0.25) is 0 Å². The van der Waals surface area contributed by atoms with Gasteiger partial charge in [0.15, 0.2) is 0 Å². The quantitative estimate of drug-likeness (QED) is 0.590. The molecule has 1 rings (SSSR count). The van der Waals surface area contributed by atoms with Gasteiger partial charge >= 0.3 is 6.09 Å². The van der Waals surface area contributed by atoms with Crippen molar-refractivity contribution in [3.05, 3.63) is 0 Å². The van der Waals surface area contributed by atoms with Crippen LogP contribution in [-0.2, 0) is 19.0 Å². The summed E-state index contributed by atoms with van der Waals surface area (Å²) in [5.74, 6) is 0. The second kappa shape index (κ2) is 6.62. The maximum atomic E-state index is 11.4. The van der Waals surface area contributed by atoms with E-state index in [1.165, 1.54) is 0 Å². The van der Waals surface area contributed by atoms with E-state index in [0.717, 1.165) is 6.26 Å². The molecule has 7 nitrogen and oxygen atoms in total. The molecule has 0 atom stereocenters. The number of ether oxygens (including phenoxy) is 1. The standard InChI is InChI=1S/C12H22N2O5S/c1-12(2,3)18-11(15)14-13-9-5-7-10(8-6-9)19-20(4,16)17/h9-10H,5-8H2,1-4H3/b14-13+. The predicted octanol–water partition coefficient (Wildman–Crippen LogP) is 2.66. The van der Waals surface area contributed by atoms with Gasteiger partial charge in [0.1, 0.15) is 5.60 Å². The molecule has 1 saturated carbocycles. The highest BCUT2D eigenvalue weighted by Gasteiger charge is 2.24. The van der Waals surface area contributed by atoms with Crippen LogP contribution in [0.25, 0.3) is 0 Å². The molecule has 0 spiro atoms. The molecule has 1 amide bonds. The van der Waals surface area contributed by atoms with Crippen molar-refractivity contribution in [2.45, 2.75) is 64.2 Å². The molecule has 0 unspecified atom stereocenters. The van der Waals surface area contributed by atoms with E-state index in [2.05, 4.69) is 10.2 Å². The first-order valence-electron chi connectivity index (χ1n) is 6.57. The first kappa shape index (κ1) is 17.0. The van der Waals surface area contributed by atoms with E-state index in [1.807, 2.05) is 0 Å². The minimum absolute atomic E-state index is 0.0815. The van der Waals surface area contributed by atoms with Gasteiger partial charge in [0, 0.05) is 0 Å². The second-order valence-corrected chi connectivity index (χ2v) is 7.53. The number of amides is 1. The highest BCUT2D eigenvalue weighted by molar-refractivity contribution is 7.86. The lowest BCUT2D eigenvalue weighted by Crippen LogP contribution is -2.26. The summed E-state index contributed by atoms with van der Waals surface area (Å²) in [6, 6.07) is -0.0815. The van der Waals surface area contributed by atoms with Crippen LogP contribution < -0.4 is 0 Å². The highest BCUT2D eigenvalue weighted by atomic mass is 32.2. The lowest BCUT2D eigenvalue weighted by molar-refractivity contribution is 0.0585. The number of carbonyl (C=O) groups is 1. The van der Waals surface area contributed by atoms with E-state index in [-0.39, 0.29) is 12.1 Å². The van der Waals surface area contributed by atoms with Crippen LogP contribution in [0.3, 0.4) is 0 Å². The van der Waals surface area contributed by atoms with Crippen LogP contribution in [-0.4, -0.2) is 38.5 Å². The summed E-state index contributed by atoms with van der Waals surface area (Å²) in [6.07, 6.45) is 2.51. The van der Waals surface area contributed by atoms with Gasteiger partial charge in [0.25, 0.3) is 10.1 Å². The molecule has 1 fully saturated rings. The van der Waals surface area contributed by atoms with E-state index < -0.39 is 21.8 Å². The van der Waals surface area contributed by atoms with Gasteiger partial charge in [-0.3, -0.25) is 4.18 Å². The van der Waals surface area contributed by atoms with Gasteiger partial charge in [-0.2, -0.15) is 13.5 Å². The van der Waals surface area contributed by atoms with Crippen molar-refractivity contribution >= 4 is 16.2 Å². The smallest absolute Gasteiger partial charge is 0.441 e. The molecule has 0 aromatic heterocycles. The predicted molar refractivity (Wildman–Crippen MR) is 73.1 cm³/mol. The minimum Gasteiger partial charge on any atom is -0.441 e. The first-order chi connectivity index (χ1) is 9.05. The van der Waals surface area contributed by atoms with Gasteiger partial charge in [-0.1, -0.05) is 5.11 Å². The number of carbonyl (C=O) groups excluding carboxylic acids is 1. The summed E-state index contributed by atoms with van der Waals surface area (Å²) < 4.78 is 31.9. The SMILES string of the molecule is CC(C)(C)OC(=O)/N=N/C1CCC(OS(C)(=O)=O)CC1. The third-order valence-electron chi connectivity index (χ3n) is 2.65. The Bertz CT molecular complexity index is 459. The topological polar surface area (TPSA) is 94.4 Å². The van der Waals surface area contributed by atoms with Crippen molar-refractivity contribution in [3.63, 3.8) is 0 Å². The Morgan fingerprint density at radius 3 is 2.15 bits per heavy atom. The summed E-state index contributed by atoms with van der Waals surface area (Å²) in [5, 5.41) is 7.48. The maximum absolute atomic E-state index is 11.4.